The van der Waals surface area contributed by atoms with E-state index in [1.807, 2.05) is 19.1 Å². The van der Waals surface area contributed by atoms with Crippen molar-refractivity contribution >= 4 is 27.6 Å². The van der Waals surface area contributed by atoms with Gasteiger partial charge in [0.2, 0.25) is 0 Å². The monoisotopic (exact) mass is 283 g/mol. The summed E-state index contributed by atoms with van der Waals surface area (Å²) in [5, 5.41) is 3.30. The van der Waals surface area contributed by atoms with Gasteiger partial charge in [-0.05, 0) is 24.6 Å². The van der Waals surface area contributed by atoms with Gasteiger partial charge in [-0.3, -0.25) is 4.79 Å². The maximum atomic E-state index is 11.4. The van der Waals surface area contributed by atoms with Gasteiger partial charge in [-0.1, -0.05) is 22.0 Å². The molecule has 1 atom stereocenters. The van der Waals surface area contributed by atoms with Crippen LogP contribution in [0.15, 0.2) is 22.7 Å². The van der Waals surface area contributed by atoms with Crippen molar-refractivity contribution in [3.05, 3.63) is 28.2 Å². The maximum absolute atomic E-state index is 11.4. The number of nitrogens with one attached hydrogen (secondary N) is 1. The molecule has 0 aromatic heterocycles. The van der Waals surface area contributed by atoms with E-state index in [-0.39, 0.29) is 11.9 Å². The molecule has 1 heterocycles. The Morgan fingerprint density at radius 3 is 3.19 bits per heavy atom. The fraction of sp³-hybridized carbons (Fsp3) is 0.417. The molecule has 16 heavy (non-hydrogen) atoms. The van der Waals surface area contributed by atoms with E-state index in [0.717, 1.165) is 16.7 Å². The van der Waals surface area contributed by atoms with Crippen LogP contribution < -0.4 is 5.32 Å². The van der Waals surface area contributed by atoms with Crippen molar-refractivity contribution in [1.29, 1.82) is 0 Å². The lowest BCUT2D eigenvalue weighted by atomic mass is 9.98. The Hall–Kier alpha value is -1.03. The van der Waals surface area contributed by atoms with Crippen LogP contribution >= 0.6 is 15.9 Å². The highest BCUT2D eigenvalue weighted by Gasteiger charge is 2.24. The average Bonchev–Trinajstić information content (AvgIpc) is 2.61. The van der Waals surface area contributed by atoms with Gasteiger partial charge in [0.1, 0.15) is 0 Å². The van der Waals surface area contributed by atoms with Crippen molar-refractivity contribution in [3.63, 3.8) is 0 Å². The second-order valence-corrected chi connectivity index (χ2v) is 4.73. The van der Waals surface area contributed by atoms with E-state index >= 15 is 0 Å². The molecular weight excluding hydrogens is 270 g/mol. The first-order chi connectivity index (χ1) is 7.70. The minimum Gasteiger partial charge on any atom is -0.466 e. The van der Waals surface area contributed by atoms with Gasteiger partial charge in [-0.2, -0.15) is 0 Å². The number of carbonyl (C=O) groups is 1. The van der Waals surface area contributed by atoms with Crippen molar-refractivity contribution in [2.75, 3.05) is 18.5 Å². The molecule has 4 heteroatoms. The number of hydrogen-bond donors (Lipinski definition) is 1. The van der Waals surface area contributed by atoms with Crippen LogP contribution in [0.5, 0.6) is 0 Å². The van der Waals surface area contributed by atoms with E-state index in [1.54, 1.807) is 0 Å². The number of ether oxygens (including phenoxy) is 1. The number of anilines is 1. The maximum Gasteiger partial charge on any atom is 0.306 e. The number of hydrogen-bond acceptors (Lipinski definition) is 3. The molecule has 1 aliphatic rings. The van der Waals surface area contributed by atoms with Crippen LogP contribution in [-0.2, 0) is 9.53 Å². The van der Waals surface area contributed by atoms with Gasteiger partial charge < -0.3 is 10.1 Å². The lowest BCUT2D eigenvalue weighted by Gasteiger charge is -2.09. The predicted molar refractivity (Wildman–Crippen MR) is 66.6 cm³/mol. The largest absolute Gasteiger partial charge is 0.466 e. The van der Waals surface area contributed by atoms with Crippen LogP contribution in [0.4, 0.5) is 5.69 Å². The predicted octanol–water partition coefficient (Wildman–Crippen LogP) is 2.91. The highest BCUT2D eigenvalue weighted by molar-refractivity contribution is 9.10. The molecule has 0 radical (unpaired) electrons. The van der Waals surface area contributed by atoms with Gasteiger partial charge in [0.25, 0.3) is 0 Å². The third-order valence-electron chi connectivity index (χ3n) is 2.71. The molecule has 0 spiro atoms. The molecule has 0 amide bonds. The molecular formula is C12H14BrNO2. The van der Waals surface area contributed by atoms with E-state index < -0.39 is 0 Å². The quantitative estimate of drug-likeness (QED) is 0.867. The average molecular weight is 284 g/mol. The highest BCUT2D eigenvalue weighted by Crippen LogP contribution is 2.35. The minimum atomic E-state index is -0.120. The van der Waals surface area contributed by atoms with Crippen LogP contribution in [0.25, 0.3) is 0 Å². The van der Waals surface area contributed by atoms with Gasteiger partial charge >= 0.3 is 5.97 Å². The molecule has 1 aromatic rings. The van der Waals surface area contributed by atoms with Crippen LogP contribution in [0.1, 0.15) is 24.8 Å². The smallest absolute Gasteiger partial charge is 0.306 e. The molecule has 0 fully saturated rings. The van der Waals surface area contributed by atoms with Crippen molar-refractivity contribution in [3.8, 4) is 0 Å². The van der Waals surface area contributed by atoms with Crippen molar-refractivity contribution in [2.45, 2.75) is 19.3 Å². The summed E-state index contributed by atoms with van der Waals surface area (Å²) in [5.41, 5.74) is 2.32. The first-order valence-electron chi connectivity index (χ1n) is 5.39. The van der Waals surface area contributed by atoms with E-state index in [0.29, 0.717) is 13.0 Å². The molecule has 1 unspecified atom stereocenters. The van der Waals surface area contributed by atoms with Gasteiger partial charge in [0.05, 0.1) is 13.0 Å². The number of halogens is 1. The Morgan fingerprint density at radius 1 is 1.62 bits per heavy atom. The fourth-order valence-electron chi connectivity index (χ4n) is 1.98. The summed E-state index contributed by atoms with van der Waals surface area (Å²) in [7, 11) is 0. The Labute approximate surface area is 103 Å². The second-order valence-electron chi connectivity index (χ2n) is 3.82. The van der Waals surface area contributed by atoms with Gasteiger partial charge in [0.15, 0.2) is 0 Å². The lowest BCUT2D eigenvalue weighted by Crippen LogP contribution is -2.11. The Kier molecular flexibility index (Phi) is 3.49. The Morgan fingerprint density at radius 2 is 2.44 bits per heavy atom. The molecule has 86 valence electrons. The summed E-state index contributed by atoms with van der Waals surface area (Å²) < 4.78 is 6.02. The third-order valence-corrected chi connectivity index (χ3v) is 3.21. The van der Waals surface area contributed by atoms with E-state index in [1.165, 1.54) is 5.56 Å². The van der Waals surface area contributed by atoms with Crippen LogP contribution in [0.3, 0.4) is 0 Å². The molecule has 1 aromatic carbocycles. The van der Waals surface area contributed by atoms with E-state index in [2.05, 4.69) is 27.3 Å². The first-order valence-corrected chi connectivity index (χ1v) is 6.19. The fourth-order valence-corrected chi connectivity index (χ4v) is 2.35. The molecule has 1 N–H and O–H groups in total. The summed E-state index contributed by atoms with van der Waals surface area (Å²) in [5.74, 6) is 0.118. The molecule has 0 aliphatic carbocycles. The SMILES string of the molecule is CCOC(=O)CC1CNc2cc(Br)ccc21. The molecule has 1 aliphatic heterocycles. The zero-order chi connectivity index (χ0) is 11.5. The topological polar surface area (TPSA) is 38.3 Å². The van der Waals surface area contributed by atoms with Crippen LogP contribution in [0, 0.1) is 0 Å². The molecule has 2 rings (SSSR count). The summed E-state index contributed by atoms with van der Waals surface area (Å²) in [6, 6.07) is 6.10. The zero-order valence-corrected chi connectivity index (χ0v) is 10.7. The first kappa shape index (κ1) is 11.5. The highest BCUT2D eigenvalue weighted by atomic mass is 79.9. The van der Waals surface area contributed by atoms with Crippen molar-refractivity contribution in [2.24, 2.45) is 0 Å². The third kappa shape index (κ3) is 2.38. The molecule has 0 saturated carbocycles. The summed E-state index contributed by atoms with van der Waals surface area (Å²) in [6.45, 7) is 3.09. The van der Waals surface area contributed by atoms with Crippen molar-refractivity contribution in [1.82, 2.24) is 0 Å². The van der Waals surface area contributed by atoms with Crippen molar-refractivity contribution < 1.29 is 9.53 Å². The number of esters is 1. The number of rotatable bonds is 3. The standard InChI is InChI=1S/C12H14BrNO2/c1-2-16-12(15)5-8-7-14-11-6-9(13)3-4-10(8)11/h3-4,6,8,14H,2,5,7H2,1H3. The van der Waals surface area contributed by atoms with Crippen LogP contribution in [0.2, 0.25) is 0 Å². The Bertz CT molecular complexity index is 406. The molecule has 3 nitrogen and oxygen atoms in total. The molecule has 0 bridgehead atoms. The number of carbonyl (C=O) groups excluding carboxylic acids is 1. The van der Waals surface area contributed by atoms with Gasteiger partial charge in [-0.25, -0.2) is 0 Å². The summed E-state index contributed by atoms with van der Waals surface area (Å²) >= 11 is 3.43. The van der Waals surface area contributed by atoms with E-state index in [9.17, 15) is 4.79 Å². The normalized spacial score (nSPS) is 17.8. The summed E-state index contributed by atoms with van der Waals surface area (Å²) in [6.07, 6.45) is 0.454. The number of fused-ring (bicyclic) bond motifs is 1. The van der Waals surface area contributed by atoms with Gasteiger partial charge in [-0.15, -0.1) is 0 Å². The zero-order valence-electron chi connectivity index (χ0n) is 9.13. The second kappa shape index (κ2) is 4.87. The Balaban J connectivity index is 2.09. The molecule has 0 saturated heterocycles. The van der Waals surface area contributed by atoms with Crippen LogP contribution in [-0.4, -0.2) is 19.1 Å². The lowest BCUT2D eigenvalue weighted by molar-refractivity contribution is -0.143. The van der Waals surface area contributed by atoms with E-state index in [4.69, 9.17) is 4.74 Å². The number of benzene rings is 1. The van der Waals surface area contributed by atoms with Gasteiger partial charge in [0, 0.05) is 22.6 Å². The summed E-state index contributed by atoms with van der Waals surface area (Å²) in [4.78, 5) is 11.4. The minimum absolute atomic E-state index is 0.120.